The van der Waals surface area contributed by atoms with Gasteiger partial charge in [-0.15, -0.1) is 0 Å². The van der Waals surface area contributed by atoms with Crippen LogP contribution in [-0.4, -0.2) is 12.6 Å². The van der Waals surface area contributed by atoms with Gasteiger partial charge in [0.15, 0.2) is 0 Å². The van der Waals surface area contributed by atoms with Crippen LogP contribution in [0.2, 0.25) is 0 Å². The first-order valence-corrected chi connectivity index (χ1v) is 6.52. The third kappa shape index (κ3) is 5.33. The molecule has 0 bridgehead atoms. The van der Waals surface area contributed by atoms with E-state index >= 15 is 0 Å². The number of esters is 1. The second-order valence-electron chi connectivity index (χ2n) is 3.68. The van der Waals surface area contributed by atoms with Gasteiger partial charge in [-0.25, -0.2) is 4.39 Å². The zero-order valence-electron chi connectivity index (χ0n) is 10.1. The highest BCUT2D eigenvalue weighted by atomic mass is 79.9. The first-order chi connectivity index (χ1) is 8.63. The Morgan fingerprint density at radius 1 is 1.50 bits per heavy atom. The molecule has 96 valence electrons. The van der Waals surface area contributed by atoms with E-state index < -0.39 is 5.82 Å². The van der Waals surface area contributed by atoms with E-state index in [1.165, 1.54) is 6.07 Å². The molecule has 0 N–H and O–H groups in total. The average molecular weight is 313 g/mol. The SMILES string of the molecule is CCCCOC(=O)CC#Cc1cc(Br)ccc1F. The number of carbonyl (C=O) groups is 1. The predicted molar refractivity (Wildman–Crippen MR) is 71.5 cm³/mol. The van der Waals surface area contributed by atoms with Crippen molar-refractivity contribution in [3.8, 4) is 11.8 Å². The second-order valence-corrected chi connectivity index (χ2v) is 4.59. The number of rotatable bonds is 4. The first-order valence-electron chi connectivity index (χ1n) is 5.73. The minimum atomic E-state index is -0.398. The molecule has 0 fully saturated rings. The molecule has 0 radical (unpaired) electrons. The maximum absolute atomic E-state index is 13.3. The van der Waals surface area contributed by atoms with Crippen molar-refractivity contribution in [3.63, 3.8) is 0 Å². The lowest BCUT2D eigenvalue weighted by Gasteiger charge is -1.99. The Balaban J connectivity index is 2.50. The van der Waals surface area contributed by atoms with Gasteiger partial charge in [-0.2, -0.15) is 0 Å². The summed E-state index contributed by atoms with van der Waals surface area (Å²) in [7, 11) is 0. The molecule has 0 amide bonds. The molecule has 0 aliphatic rings. The Bertz CT molecular complexity index is 474. The van der Waals surface area contributed by atoms with Crippen LogP contribution in [0.15, 0.2) is 22.7 Å². The number of unbranched alkanes of at least 4 members (excludes halogenated alkanes) is 1. The van der Waals surface area contributed by atoms with Crippen molar-refractivity contribution in [2.75, 3.05) is 6.61 Å². The average Bonchev–Trinajstić information content (AvgIpc) is 2.34. The fourth-order valence-corrected chi connectivity index (χ4v) is 1.55. The lowest BCUT2D eigenvalue weighted by molar-refractivity contribution is -0.142. The molecular weight excluding hydrogens is 299 g/mol. The molecule has 0 spiro atoms. The van der Waals surface area contributed by atoms with Gasteiger partial charge in [0.2, 0.25) is 0 Å². The summed E-state index contributed by atoms with van der Waals surface area (Å²) in [6.07, 6.45) is 1.80. The summed E-state index contributed by atoms with van der Waals surface area (Å²) < 4.78 is 19.0. The van der Waals surface area contributed by atoms with Gasteiger partial charge in [0.05, 0.1) is 12.2 Å². The molecule has 0 heterocycles. The number of hydrogen-bond acceptors (Lipinski definition) is 2. The zero-order chi connectivity index (χ0) is 13.4. The van der Waals surface area contributed by atoms with Gasteiger partial charge in [-0.3, -0.25) is 4.79 Å². The number of carbonyl (C=O) groups excluding carboxylic acids is 1. The standard InChI is InChI=1S/C14H14BrFO2/c1-2-3-9-18-14(17)6-4-5-11-10-12(15)7-8-13(11)16/h7-8,10H,2-3,6,9H2,1H3. The fraction of sp³-hybridized carbons (Fsp3) is 0.357. The van der Waals surface area contributed by atoms with Crippen LogP contribution in [-0.2, 0) is 9.53 Å². The summed E-state index contributed by atoms with van der Waals surface area (Å²) >= 11 is 3.23. The highest BCUT2D eigenvalue weighted by Gasteiger charge is 2.01. The monoisotopic (exact) mass is 312 g/mol. The van der Waals surface area contributed by atoms with E-state index in [2.05, 4.69) is 27.8 Å². The van der Waals surface area contributed by atoms with E-state index in [1.807, 2.05) is 6.92 Å². The highest BCUT2D eigenvalue weighted by Crippen LogP contribution is 2.14. The molecule has 2 nitrogen and oxygen atoms in total. The molecule has 0 unspecified atom stereocenters. The van der Waals surface area contributed by atoms with Crippen LogP contribution in [0.4, 0.5) is 4.39 Å². The third-order valence-corrected chi connectivity index (χ3v) is 2.64. The molecule has 0 saturated carbocycles. The van der Waals surface area contributed by atoms with Crippen molar-refractivity contribution in [3.05, 3.63) is 34.1 Å². The van der Waals surface area contributed by atoms with Crippen LogP contribution in [0, 0.1) is 17.7 Å². The summed E-state index contributed by atoms with van der Waals surface area (Å²) in [5.74, 6) is 4.46. The summed E-state index contributed by atoms with van der Waals surface area (Å²) in [6, 6.07) is 4.50. The smallest absolute Gasteiger partial charge is 0.317 e. The van der Waals surface area contributed by atoms with Crippen LogP contribution in [0.5, 0.6) is 0 Å². The van der Waals surface area contributed by atoms with E-state index in [9.17, 15) is 9.18 Å². The molecule has 0 atom stereocenters. The molecule has 0 aliphatic heterocycles. The number of halogens is 2. The van der Waals surface area contributed by atoms with Gasteiger partial charge in [-0.1, -0.05) is 41.1 Å². The van der Waals surface area contributed by atoms with Crippen molar-refractivity contribution in [1.29, 1.82) is 0 Å². The molecule has 0 aliphatic carbocycles. The molecular formula is C14H14BrFO2. The second kappa shape index (κ2) is 7.88. The predicted octanol–water partition coefficient (Wildman–Crippen LogP) is 3.67. The lowest BCUT2D eigenvalue weighted by atomic mass is 10.2. The van der Waals surface area contributed by atoms with Crippen molar-refractivity contribution in [2.24, 2.45) is 0 Å². The Hall–Kier alpha value is -1.34. The Kier molecular flexibility index (Phi) is 6.45. The molecule has 1 aromatic rings. The van der Waals surface area contributed by atoms with Crippen LogP contribution < -0.4 is 0 Å². The van der Waals surface area contributed by atoms with Gasteiger partial charge < -0.3 is 4.74 Å². The van der Waals surface area contributed by atoms with Crippen molar-refractivity contribution in [2.45, 2.75) is 26.2 Å². The summed E-state index contributed by atoms with van der Waals surface area (Å²) in [5, 5.41) is 0. The van der Waals surface area contributed by atoms with Gasteiger partial charge in [0.25, 0.3) is 0 Å². The Labute approximate surface area is 115 Å². The van der Waals surface area contributed by atoms with Crippen molar-refractivity contribution in [1.82, 2.24) is 0 Å². The van der Waals surface area contributed by atoms with Gasteiger partial charge >= 0.3 is 5.97 Å². The lowest BCUT2D eigenvalue weighted by Crippen LogP contribution is -2.04. The van der Waals surface area contributed by atoms with E-state index in [1.54, 1.807) is 12.1 Å². The molecule has 0 aromatic heterocycles. The van der Waals surface area contributed by atoms with Crippen LogP contribution >= 0.6 is 15.9 Å². The molecule has 1 aromatic carbocycles. The topological polar surface area (TPSA) is 26.3 Å². The Morgan fingerprint density at radius 3 is 3.00 bits per heavy atom. The van der Waals surface area contributed by atoms with Crippen LogP contribution in [0.3, 0.4) is 0 Å². The number of ether oxygens (including phenoxy) is 1. The fourth-order valence-electron chi connectivity index (χ4n) is 1.19. The molecule has 18 heavy (non-hydrogen) atoms. The minimum absolute atomic E-state index is 0.0182. The highest BCUT2D eigenvalue weighted by molar-refractivity contribution is 9.10. The van der Waals surface area contributed by atoms with Crippen LogP contribution in [0.1, 0.15) is 31.7 Å². The van der Waals surface area contributed by atoms with E-state index in [0.717, 1.165) is 17.3 Å². The quantitative estimate of drug-likeness (QED) is 0.481. The summed E-state index contributed by atoms with van der Waals surface area (Å²) in [6.45, 7) is 2.44. The first kappa shape index (κ1) is 14.7. The normalized spacial score (nSPS) is 9.50. The number of hydrogen-bond donors (Lipinski definition) is 0. The van der Waals surface area contributed by atoms with Gasteiger partial charge in [0.1, 0.15) is 12.2 Å². The van der Waals surface area contributed by atoms with Gasteiger partial charge in [0, 0.05) is 4.47 Å². The molecule has 1 rings (SSSR count). The molecule has 4 heteroatoms. The number of benzene rings is 1. The molecule has 0 saturated heterocycles. The minimum Gasteiger partial charge on any atom is -0.465 e. The zero-order valence-corrected chi connectivity index (χ0v) is 11.7. The third-order valence-electron chi connectivity index (χ3n) is 2.15. The summed E-state index contributed by atoms with van der Waals surface area (Å²) in [4.78, 5) is 11.2. The van der Waals surface area contributed by atoms with Gasteiger partial charge in [-0.05, 0) is 24.6 Å². The maximum atomic E-state index is 13.3. The van der Waals surface area contributed by atoms with E-state index in [4.69, 9.17) is 4.74 Å². The van der Waals surface area contributed by atoms with Crippen molar-refractivity contribution >= 4 is 21.9 Å². The summed E-state index contributed by atoms with van der Waals surface area (Å²) in [5.41, 5.74) is 0.269. The Morgan fingerprint density at radius 2 is 2.28 bits per heavy atom. The van der Waals surface area contributed by atoms with E-state index in [0.29, 0.717) is 6.61 Å². The largest absolute Gasteiger partial charge is 0.465 e. The maximum Gasteiger partial charge on any atom is 0.317 e. The van der Waals surface area contributed by atoms with Crippen molar-refractivity contribution < 1.29 is 13.9 Å². The van der Waals surface area contributed by atoms with E-state index in [-0.39, 0.29) is 18.0 Å². The van der Waals surface area contributed by atoms with Crippen LogP contribution in [0.25, 0.3) is 0 Å².